The van der Waals surface area contributed by atoms with Gasteiger partial charge in [-0.15, -0.1) is 0 Å². The second-order valence-electron chi connectivity index (χ2n) is 12.4. The van der Waals surface area contributed by atoms with Crippen molar-refractivity contribution in [3.8, 4) is 0 Å². The van der Waals surface area contributed by atoms with Gasteiger partial charge in [0, 0.05) is 44.3 Å². The van der Waals surface area contributed by atoms with Gasteiger partial charge < -0.3 is 15.1 Å². The maximum Gasteiger partial charge on any atom is 0.272 e. The van der Waals surface area contributed by atoms with Crippen LogP contribution in [0.5, 0.6) is 0 Å². The number of aromatic nitrogens is 2. The van der Waals surface area contributed by atoms with Crippen molar-refractivity contribution in [1.82, 2.24) is 24.1 Å². The van der Waals surface area contributed by atoms with E-state index in [-0.39, 0.29) is 17.8 Å². The summed E-state index contributed by atoms with van der Waals surface area (Å²) in [6.07, 6.45) is 10.7. The molecule has 0 radical (unpaired) electrons. The predicted octanol–water partition coefficient (Wildman–Crippen LogP) is 4.27. The van der Waals surface area contributed by atoms with Gasteiger partial charge in [-0.05, 0) is 94.5 Å². The van der Waals surface area contributed by atoms with Crippen molar-refractivity contribution >= 4 is 21.7 Å². The number of halogens is 1. The van der Waals surface area contributed by atoms with Crippen molar-refractivity contribution in [2.45, 2.75) is 76.3 Å². The molecular formula is C31H45FN6O3S. The molecule has 1 aliphatic carbocycles. The van der Waals surface area contributed by atoms with Crippen LogP contribution in [0.2, 0.25) is 0 Å². The Morgan fingerprint density at radius 1 is 1.02 bits per heavy atom. The summed E-state index contributed by atoms with van der Waals surface area (Å²) in [5.41, 5.74) is 2.45. The zero-order valence-corrected chi connectivity index (χ0v) is 26.0. The minimum atomic E-state index is -3.17. The highest BCUT2D eigenvalue weighted by Crippen LogP contribution is 2.36. The normalized spacial score (nSPS) is 23.3. The van der Waals surface area contributed by atoms with Crippen LogP contribution in [0.25, 0.3) is 0 Å². The Bertz CT molecular complexity index is 1320. The lowest BCUT2D eigenvalue weighted by Gasteiger charge is -2.43. The van der Waals surface area contributed by atoms with Gasteiger partial charge in [-0.3, -0.25) is 4.79 Å². The zero-order chi connectivity index (χ0) is 29.9. The highest BCUT2D eigenvalue weighted by atomic mass is 32.2. The van der Waals surface area contributed by atoms with Crippen LogP contribution in [0.3, 0.4) is 0 Å². The zero-order valence-electron chi connectivity index (χ0n) is 25.1. The fourth-order valence-corrected chi connectivity index (χ4v) is 7.82. The first-order chi connectivity index (χ1) is 20.1. The maximum atomic E-state index is 13.5. The molecule has 1 saturated carbocycles. The third-order valence-electron chi connectivity index (χ3n) is 9.77. The quantitative estimate of drug-likeness (QED) is 0.483. The van der Waals surface area contributed by atoms with Gasteiger partial charge in [-0.2, -0.15) is 0 Å². The van der Waals surface area contributed by atoms with Gasteiger partial charge in [0.15, 0.2) is 0 Å². The third-order valence-corrected chi connectivity index (χ3v) is 11.1. The molecule has 2 aromatic rings. The fraction of sp³-hybridized carbons (Fsp3) is 0.645. The number of carbonyl (C=O) groups is 1. The average molecular weight is 601 g/mol. The Morgan fingerprint density at radius 3 is 2.38 bits per heavy atom. The molecule has 2 unspecified atom stereocenters. The van der Waals surface area contributed by atoms with Crippen LogP contribution in [0.1, 0.15) is 78.9 Å². The number of sulfonamides is 1. The van der Waals surface area contributed by atoms with E-state index in [2.05, 4.69) is 20.2 Å². The third kappa shape index (κ3) is 7.29. The lowest BCUT2D eigenvalue weighted by molar-refractivity contribution is 0.0542. The number of carbonyl (C=O) groups excluding carboxylic acids is 1. The summed E-state index contributed by atoms with van der Waals surface area (Å²) in [4.78, 5) is 26.7. The molecule has 0 spiro atoms. The summed E-state index contributed by atoms with van der Waals surface area (Å²) in [6, 6.07) is 7.40. The molecule has 0 bridgehead atoms. The molecular weight excluding hydrogens is 555 g/mol. The Hall–Kier alpha value is -2.63. The van der Waals surface area contributed by atoms with Crippen LogP contribution in [0.4, 0.5) is 10.2 Å². The summed E-state index contributed by atoms with van der Waals surface area (Å²) in [5.74, 6) is 1.41. The molecule has 1 aromatic heterocycles. The van der Waals surface area contributed by atoms with Crippen LogP contribution >= 0.6 is 0 Å². The van der Waals surface area contributed by atoms with Crippen molar-refractivity contribution in [2.24, 2.45) is 5.92 Å². The molecule has 2 saturated heterocycles. The minimum absolute atomic E-state index is 0.0427. The molecule has 3 aliphatic rings. The lowest BCUT2D eigenvalue weighted by atomic mass is 9.78. The second-order valence-corrected chi connectivity index (χ2v) is 14.5. The van der Waals surface area contributed by atoms with Crippen LogP contribution in [0.15, 0.2) is 30.6 Å². The van der Waals surface area contributed by atoms with Gasteiger partial charge in [-0.25, -0.2) is 27.1 Å². The van der Waals surface area contributed by atoms with Gasteiger partial charge in [0.1, 0.15) is 23.7 Å². The first-order valence-corrected chi connectivity index (χ1v) is 17.2. The van der Waals surface area contributed by atoms with E-state index in [1.165, 1.54) is 22.5 Å². The van der Waals surface area contributed by atoms with E-state index in [1.807, 2.05) is 24.0 Å². The number of hydrogen-bond acceptors (Lipinski definition) is 7. The molecule has 11 heteroatoms. The van der Waals surface area contributed by atoms with E-state index in [1.54, 1.807) is 19.2 Å². The van der Waals surface area contributed by atoms with E-state index in [4.69, 9.17) is 0 Å². The molecule has 2 aliphatic heterocycles. The van der Waals surface area contributed by atoms with Gasteiger partial charge in [0.25, 0.3) is 5.91 Å². The SMILES string of the molecule is Cc1c(NCC2CCCC(c3ccc(F)cc3)C2)ncnc1C(=O)N1CCC(N2CCC(N(C)S(C)(=O)=O)CC2)CC1. The summed E-state index contributed by atoms with van der Waals surface area (Å²) < 4.78 is 38.7. The molecule has 2 atom stereocenters. The molecule has 1 aromatic carbocycles. The van der Waals surface area contributed by atoms with Crippen molar-refractivity contribution in [2.75, 3.05) is 51.3 Å². The van der Waals surface area contributed by atoms with E-state index in [0.717, 1.165) is 76.6 Å². The molecule has 1 N–H and O–H groups in total. The molecule has 5 rings (SSSR count). The number of benzene rings is 1. The first kappa shape index (κ1) is 30.8. The Labute approximate surface area is 249 Å². The molecule has 230 valence electrons. The summed E-state index contributed by atoms with van der Waals surface area (Å²) in [5, 5.41) is 3.50. The van der Waals surface area contributed by atoms with Gasteiger partial charge >= 0.3 is 0 Å². The van der Waals surface area contributed by atoms with Gasteiger partial charge in [0.2, 0.25) is 10.0 Å². The highest BCUT2D eigenvalue weighted by Gasteiger charge is 2.33. The number of nitrogens with one attached hydrogen (secondary N) is 1. The van der Waals surface area contributed by atoms with Gasteiger partial charge in [0.05, 0.1) is 6.26 Å². The Balaban J connectivity index is 1.11. The van der Waals surface area contributed by atoms with E-state index in [0.29, 0.717) is 42.5 Å². The fourth-order valence-electron chi connectivity index (χ4n) is 7.07. The second kappa shape index (κ2) is 13.3. The lowest BCUT2D eigenvalue weighted by Crippen LogP contribution is -2.52. The number of nitrogens with zero attached hydrogens (tertiary/aromatic N) is 5. The molecule has 9 nitrogen and oxygen atoms in total. The van der Waals surface area contributed by atoms with E-state index < -0.39 is 10.0 Å². The van der Waals surface area contributed by atoms with Crippen LogP contribution < -0.4 is 5.32 Å². The average Bonchev–Trinajstić information content (AvgIpc) is 3.00. The smallest absolute Gasteiger partial charge is 0.272 e. The Kier molecular flexibility index (Phi) is 9.79. The molecule has 3 heterocycles. The topological polar surface area (TPSA) is 98.7 Å². The number of rotatable bonds is 8. The monoisotopic (exact) mass is 600 g/mol. The largest absolute Gasteiger partial charge is 0.369 e. The maximum absolute atomic E-state index is 13.5. The predicted molar refractivity (Wildman–Crippen MR) is 162 cm³/mol. The number of hydrogen-bond donors (Lipinski definition) is 1. The molecule has 1 amide bonds. The molecule has 3 fully saturated rings. The van der Waals surface area contributed by atoms with Gasteiger partial charge in [-0.1, -0.05) is 18.6 Å². The van der Waals surface area contributed by atoms with Crippen molar-refractivity contribution in [3.05, 3.63) is 53.2 Å². The minimum Gasteiger partial charge on any atom is -0.369 e. The van der Waals surface area contributed by atoms with Crippen LogP contribution in [0, 0.1) is 18.7 Å². The van der Waals surface area contributed by atoms with E-state index in [9.17, 15) is 17.6 Å². The highest BCUT2D eigenvalue weighted by molar-refractivity contribution is 7.88. The van der Waals surface area contributed by atoms with E-state index >= 15 is 0 Å². The Morgan fingerprint density at radius 2 is 1.71 bits per heavy atom. The standard InChI is InChI=1S/C31H45FN6O3S/c1-22-29(31(39)38-17-13-28(14-18-38)37-15-11-27(12-16-37)36(2)42(3,40)41)34-21-35-30(22)33-20-23-5-4-6-25(19-23)24-7-9-26(32)10-8-24/h7-10,21,23,25,27-28H,4-6,11-20H2,1-3H3,(H,33,34,35). The number of piperidine rings is 2. The summed E-state index contributed by atoms with van der Waals surface area (Å²) in [7, 11) is -1.50. The van der Waals surface area contributed by atoms with Crippen LogP contribution in [-0.2, 0) is 10.0 Å². The van der Waals surface area contributed by atoms with Crippen molar-refractivity contribution in [1.29, 1.82) is 0 Å². The molecule has 42 heavy (non-hydrogen) atoms. The first-order valence-electron chi connectivity index (χ1n) is 15.4. The number of amides is 1. The summed E-state index contributed by atoms with van der Waals surface area (Å²) in [6.45, 7) is 5.84. The van der Waals surface area contributed by atoms with Crippen LogP contribution in [-0.4, -0.2) is 96.5 Å². The van der Waals surface area contributed by atoms with Crippen molar-refractivity contribution in [3.63, 3.8) is 0 Å². The number of anilines is 1. The summed E-state index contributed by atoms with van der Waals surface area (Å²) >= 11 is 0. The number of likely N-dealkylation sites (tertiary alicyclic amines) is 2. The van der Waals surface area contributed by atoms with Crippen molar-refractivity contribution < 1.29 is 17.6 Å².